The molecule has 0 radical (unpaired) electrons. The SMILES string of the molecule is CC1CCCC2(C[C@@H](O)c3ccc(F)cc3O2)C1C. The molecule has 2 nitrogen and oxygen atoms in total. The highest BCUT2D eigenvalue weighted by molar-refractivity contribution is 5.39. The monoisotopic (exact) mass is 264 g/mol. The summed E-state index contributed by atoms with van der Waals surface area (Å²) in [5.41, 5.74) is 0.398. The predicted molar refractivity (Wildman–Crippen MR) is 71.5 cm³/mol. The van der Waals surface area contributed by atoms with Crippen LogP contribution in [0.4, 0.5) is 4.39 Å². The maximum atomic E-state index is 13.4. The van der Waals surface area contributed by atoms with Crippen LogP contribution < -0.4 is 4.74 Å². The van der Waals surface area contributed by atoms with Gasteiger partial charge in [-0.2, -0.15) is 0 Å². The zero-order chi connectivity index (χ0) is 13.6. The molecule has 1 spiro atoms. The van der Waals surface area contributed by atoms with Gasteiger partial charge in [-0.25, -0.2) is 4.39 Å². The van der Waals surface area contributed by atoms with Crippen molar-refractivity contribution in [1.82, 2.24) is 0 Å². The molecule has 3 heteroatoms. The molecule has 1 fully saturated rings. The van der Waals surface area contributed by atoms with Gasteiger partial charge in [-0.05, 0) is 36.8 Å². The highest BCUT2D eigenvalue weighted by atomic mass is 19.1. The molecule has 19 heavy (non-hydrogen) atoms. The van der Waals surface area contributed by atoms with E-state index >= 15 is 0 Å². The number of rotatable bonds is 0. The van der Waals surface area contributed by atoms with E-state index in [2.05, 4.69) is 13.8 Å². The van der Waals surface area contributed by atoms with Gasteiger partial charge in [0.1, 0.15) is 17.2 Å². The third-order valence-corrected chi connectivity index (χ3v) is 5.13. The van der Waals surface area contributed by atoms with E-state index in [0.29, 0.717) is 24.0 Å². The Hall–Kier alpha value is -1.09. The molecule has 1 aliphatic carbocycles. The minimum Gasteiger partial charge on any atom is -0.486 e. The molecule has 1 aromatic rings. The summed E-state index contributed by atoms with van der Waals surface area (Å²) in [4.78, 5) is 0. The number of aliphatic hydroxyl groups excluding tert-OH is 1. The number of hydrogen-bond acceptors (Lipinski definition) is 2. The molecule has 104 valence electrons. The molecule has 2 aliphatic rings. The number of fused-ring (bicyclic) bond motifs is 1. The first-order valence-corrected chi connectivity index (χ1v) is 7.18. The van der Waals surface area contributed by atoms with Crippen LogP contribution in [0, 0.1) is 17.7 Å². The molecule has 3 unspecified atom stereocenters. The molecule has 1 aliphatic heterocycles. The topological polar surface area (TPSA) is 29.5 Å². The van der Waals surface area contributed by atoms with Crippen molar-refractivity contribution in [3.8, 4) is 5.75 Å². The van der Waals surface area contributed by atoms with Gasteiger partial charge in [0.15, 0.2) is 0 Å². The Morgan fingerprint density at radius 2 is 2.16 bits per heavy atom. The van der Waals surface area contributed by atoms with Gasteiger partial charge >= 0.3 is 0 Å². The van der Waals surface area contributed by atoms with E-state index in [9.17, 15) is 9.50 Å². The van der Waals surface area contributed by atoms with Crippen molar-refractivity contribution in [2.75, 3.05) is 0 Å². The van der Waals surface area contributed by atoms with Gasteiger partial charge in [0, 0.05) is 18.1 Å². The van der Waals surface area contributed by atoms with E-state index in [1.807, 2.05) is 0 Å². The van der Waals surface area contributed by atoms with E-state index < -0.39 is 6.10 Å². The zero-order valence-corrected chi connectivity index (χ0v) is 11.5. The fourth-order valence-electron chi connectivity index (χ4n) is 3.72. The number of hydrogen-bond donors (Lipinski definition) is 1. The summed E-state index contributed by atoms with van der Waals surface area (Å²) >= 11 is 0. The summed E-state index contributed by atoms with van der Waals surface area (Å²) in [6.07, 6.45) is 3.35. The van der Waals surface area contributed by atoms with Gasteiger partial charge in [0.2, 0.25) is 0 Å². The Morgan fingerprint density at radius 3 is 2.95 bits per heavy atom. The average molecular weight is 264 g/mol. The lowest BCUT2D eigenvalue weighted by Crippen LogP contribution is -2.51. The standard InChI is InChI=1S/C16H21FO2/c1-10-4-3-7-16(11(10)2)9-14(18)13-6-5-12(17)8-15(13)19-16/h5-6,8,10-11,14,18H,3-4,7,9H2,1-2H3/t10?,11?,14-,16?/m1/s1. The Bertz CT molecular complexity index is 488. The van der Waals surface area contributed by atoms with E-state index in [1.165, 1.54) is 18.6 Å². The second kappa shape index (κ2) is 4.48. The largest absolute Gasteiger partial charge is 0.486 e. The molecule has 0 amide bonds. The van der Waals surface area contributed by atoms with E-state index in [4.69, 9.17) is 4.74 Å². The van der Waals surface area contributed by atoms with Gasteiger partial charge in [-0.3, -0.25) is 0 Å². The Balaban J connectivity index is 1.99. The van der Waals surface area contributed by atoms with Crippen LogP contribution in [0.3, 0.4) is 0 Å². The molecule has 0 aromatic heterocycles. The van der Waals surface area contributed by atoms with Crippen LogP contribution in [0.5, 0.6) is 5.75 Å². The smallest absolute Gasteiger partial charge is 0.128 e. The maximum absolute atomic E-state index is 13.4. The molecule has 4 atom stereocenters. The lowest BCUT2D eigenvalue weighted by Gasteiger charge is -2.49. The third-order valence-electron chi connectivity index (χ3n) is 5.13. The molecule has 0 bridgehead atoms. The molecule has 0 saturated heterocycles. The Labute approximate surface area is 113 Å². The van der Waals surface area contributed by atoms with E-state index in [-0.39, 0.29) is 11.4 Å². The van der Waals surface area contributed by atoms with Crippen molar-refractivity contribution in [2.45, 2.75) is 51.2 Å². The van der Waals surface area contributed by atoms with Crippen molar-refractivity contribution in [1.29, 1.82) is 0 Å². The average Bonchev–Trinajstić information content (AvgIpc) is 2.35. The normalized spacial score (nSPS) is 37.8. The fourth-order valence-corrected chi connectivity index (χ4v) is 3.72. The first kappa shape index (κ1) is 12.9. The molecular formula is C16H21FO2. The lowest BCUT2D eigenvalue weighted by atomic mass is 9.67. The van der Waals surface area contributed by atoms with Gasteiger partial charge in [-0.15, -0.1) is 0 Å². The van der Waals surface area contributed by atoms with Crippen LogP contribution in [0.2, 0.25) is 0 Å². The van der Waals surface area contributed by atoms with Crippen molar-refractivity contribution in [3.05, 3.63) is 29.6 Å². The number of benzene rings is 1. The number of aliphatic hydroxyl groups is 1. The summed E-state index contributed by atoms with van der Waals surface area (Å²) in [6.45, 7) is 4.43. The molecular weight excluding hydrogens is 243 g/mol. The van der Waals surface area contributed by atoms with Gasteiger partial charge in [0.05, 0.1) is 6.10 Å². The quantitative estimate of drug-likeness (QED) is 0.771. The summed E-state index contributed by atoms with van der Waals surface area (Å²) in [5, 5.41) is 10.4. The predicted octanol–water partition coefficient (Wildman–Crippen LogP) is 3.84. The molecule has 1 heterocycles. The molecule has 1 aromatic carbocycles. The van der Waals surface area contributed by atoms with Crippen LogP contribution in [-0.2, 0) is 0 Å². The summed E-state index contributed by atoms with van der Waals surface area (Å²) in [7, 11) is 0. The van der Waals surface area contributed by atoms with E-state index in [1.54, 1.807) is 6.07 Å². The Kier molecular flexibility index (Phi) is 3.05. The van der Waals surface area contributed by atoms with E-state index in [0.717, 1.165) is 18.4 Å². The van der Waals surface area contributed by atoms with Crippen molar-refractivity contribution in [3.63, 3.8) is 0 Å². The first-order valence-electron chi connectivity index (χ1n) is 7.18. The number of ether oxygens (including phenoxy) is 1. The second-order valence-electron chi connectivity index (χ2n) is 6.23. The molecule has 1 N–H and O–H groups in total. The van der Waals surface area contributed by atoms with Gasteiger partial charge in [-0.1, -0.05) is 20.3 Å². The highest BCUT2D eigenvalue weighted by Crippen LogP contribution is 2.50. The zero-order valence-electron chi connectivity index (χ0n) is 11.5. The number of halogens is 1. The Morgan fingerprint density at radius 1 is 1.37 bits per heavy atom. The van der Waals surface area contributed by atoms with Crippen molar-refractivity contribution >= 4 is 0 Å². The maximum Gasteiger partial charge on any atom is 0.128 e. The fraction of sp³-hybridized carbons (Fsp3) is 0.625. The molecule has 1 saturated carbocycles. The minimum absolute atomic E-state index is 0.306. The first-order chi connectivity index (χ1) is 9.02. The summed E-state index contributed by atoms with van der Waals surface area (Å²) in [6, 6.07) is 4.43. The van der Waals surface area contributed by atoms with Crippen LogP contribution in [0.25, 0.3) is 0 Å². The van der Waals surface area contributed by atoms with Gasteiger partial charge in [0.25, 0.3) is 0 Å². The third kappa shape index (κ3) is 2.04. The summed E-state index contributed by atoms with van der Waals surface area (Å²) in [5.74, 6) is 1.18. The van der Waals surface area contributed by atoms with Crippen LogP contribution in [0.1, 0.15) is 51.2 Å². The van der Waals surface area contributed by atoms with Crippen LogP contribution in [0.15, 0.2) is 18.2 Å². The lowest BCUT2D eigenvalue weighted by molar-refractivity contribution is -0.0880. The van der Waals surface area contributed by atoms with Crippen molar-refractivity contribution < 1.29 is 14.2 Å². The minimum atomic E-state index is -0.544. The molecule has 3 rings (SSSR count). The van der Waals surface area contributed by atoms with Gasteiger partial charge < -0.3 is 9.84 Å². The second-order valence-corrected chi connectivity index (χ2v) is 6.23. The highest BCUT2D eigenvalue weighted by Gasteiger charge is 2.48. The van der Waals surface area contributed by atoms with Crippen LogP contribution in [-0.4, -0.2) is 10.7 Å². The van der Waals surface area contributed by atoms with Crippen LogP contribution >= 0.6 is 0 Å². The van der Waals surface area contributed by atoms with Crippen molar-refractivity contribution in [2.24, 2.45) is 11.8 Å². The summed E-state index contributed by atoms with van der Waals surface area (Å²) < 4.78 is 19.6.